The Bertz CT molecular complexity index is 599. The van der Waals surface area contributed by atoms with Crippen LogP contribution in [0.1, 0.15) is 11.1 Å². The third-order valence-corrected chi connectivity index (χ3v) is 2.42. The summed E-state index contributed by atoms with van der Waals surface area (Å²) >= 11 is 0. The first-order valence-electron chi connectivity index (χ1n) is 5.43. The predicted molar refractivity (Wildman–Crippen MR) is 62.8 cm³/mol. The van der Waals surface area contributed by atoms with E-state index >= 15 is 0 Å². The molecular formula is C13H10F3NO2. The maximum absolute atomic E-state index is 12.5. The molecule has 0 fully saturated rings. The molecule has 0 saturated carbocycles. The second-order valence-corrected chi connectivity index (χ2v) is 3.88. The summed E-state index contributed by atoms with van der Waals surface area (Å²) in [5, 5.41) is 0. The minimum absolute atomic E-state index is 0.0814. The molecule has 1 aromatic carbocycles. The zero-order chi connectivity index (χ0) is 13.9. The minimum atomic E-state index is -4.39. The monoisotopic (exact) mass is 269 g/mol. The molecular weight excluding hydrogens is 259 g/mol. The Hall–Kier alpha value is -2.24. The number of hydrogen-bond acceptors (Lipinski definition) is 2. The van der Waals surface area contributed by atoms with Gasteiger partial charge >= 0.3 is 6.18 Å². The van der Waals surface area contributed by atoms with Crippen LogP contribution in [0.5, 0.6) is 5.75 Å². The van der Waals surface area contributed by atoms with Crippen molar-refractivity contribution >= 4 is 0 Å². The van der Waals surface area contributed by atoms with Crippen LogP contribution in [0.3, 0.4) is 0 Å². The molecule has 6 heteroatoms. The normalized spacial score (nSPS) is 11.3. The summed E-state index contributed by atoms with van der Waals surface area (Å²) in [4.78, 5) is 13.3. The van der Waals surface area contributed by atoms with Gasteiger partial charge in [-0.1, -0.05) is 6.07 Å². The average molecular weight is 269 g/mol. The molecule has 2 rings (SSSR count). The molecule has 1 N–H and O–H groups in total. The van der Waals surface area contributed by atoms with Crippen molar-refractivity contribution < 1.29 is 17.9 Å². The van der Waals surface area contributed by atoms with Crippen LogP contribution in [0.4, 0.5) is 13.2 Å². The minimum Gasteiger partial charge on any atom is -0.489 e. The number of nitrogens with one attached hydrogen (secondary N) is 1. The fourth-order valence-electron chi connectivity index (χ4n) is 1.46. The number of ether oxygens (including phenoxy) is 1. The van der Waals surface area contributed by atoms with Gasteiger partial charge in [0.15, 0.2) is 0 Å². The zero-order valence-electron chi connectivity index (χ0n) is 9.70. The number of halogens is 3. The van der Waals surface area contributed by atoms with Crippen molar-refractivity contribution in [3.05, 3.63) is 64.1 Å². The van der Waals surface area contributed by atoms with Gasteiger partial charge in [0.05, 0.1) is 5.56 Å². The maximum atomic E-state index is 12.5. The van der Waals surface area contributed by atoms with Gasteiger partial charge in [-0.15, -0.1) is 0 Å². The van der Waals surface area contributed by atoms with Crippen molar-refractivity contribution in [1.29, 1.82) is 0 Å². The van der Waals surface area contributed by atoms with Gasteiger partial charge in [0.1, 0.15) is 12.4 Å². The standard InChI is InChI=1S/C13H10F3NO2/c14-13(15,16)10-2-1-3-11(6-10)19-8-9-4-5-12(18)17-7-9/h1-7H,8H2,(H,17,18). The van der Waals surface area contributed by atoms with E-state index in [4.69, 9.17) is 4.74 Å². The molecule has 1 heterocycles. The molecule has 2 aromatic rings. The van der Waals surface area contributed by atoms with Crippen LogP contribution < -0.4 is 10.3 Å². The third-order valence-electron chi connectivity index (χ3n) is 2.42. The number of alkyl halides is 3. The quantitative estimate of drug-likeness (QED) is 0.930. The lowest BCUT2D eigenvalue weighted by molar-refractivity contribution is -0.137. The maximum Gasteiger partial charge on any atom is 0.416 e. The fraction of sp³-hybridized carbons (Fsp3) is 0.154. The van der Waals surface area contributed by atoms with Crippen LogP contribution in [0.25, 0.3) is 0 Å². The van der Waals surface area contributed by atoms with Gasteiger partial charge in [0.2, 0.25) is 5.56 Å². The first-order valence-corrected chi connectivity index (χ1v) is 5.43. The van der Waals surface area contributed by atoms with E-state index in [-0.39, 0.29) is 17.9 Å². The van der Waals surface area contributed by atoms with Crippen LogP contribution in [0, 0.1) is 0 Å². The van der Waals surface area contributed by atoms with E-state index in [0.717, 1.165) is 12.1 Å². The molecule has 19 heavy (non-hydrogen) atoms. The first-order chi connectivity index (χ1) is 8.95. The van der Waals surface area contributed by atoms with Crippen molar-refractivity contribution in [3.8, 4) is 5.75 Å². The summed E-state index contributed by atoms with van der Waals surface area (Å²) in [7, 11) is 0. The molecule has 0 saturated heterocycles. The van der Waals surface area contributed by atoms with E-state index in [2.05, 4.69) is 4.98 Å². The predicted octanol–water partition coefficient (Wildman–Crippen LogP) is 2.97. The summed E-state index contributed by atoms with van der Waals surface area (Å²) in [5.41, 5.74) is -0.341. The van der Waals surface area contributed by atoms with Crippen molar-refractivity contribution in [3.63, 3.8) is 0 Å². The van der Waals surface area contributed by atoms with Crippen molar-refractivity contribution in [2.45, 2.75) is 12.8 Å². The number of pyridine rings is 1. The first kappa shape index (κ1) is 13.2. The zero-order valence-corrected chi connectivity index (χ0v) is 9.70. The number of aromatic nitrogens is 1. The third kappa shape index (κ3) is 3.61. The van der Waals surface area contributed by atoms with Crippen LogP contribution in [0.15, 0.2) is 47.4 Å². The molecule has 0 unspecified atom stereocenters. The second kappa shape index (κ2) is 5.17. The molecule has 0 radical (unpaired) electrons. The summed E-state index contributed by atoms with van der Waals surface area (Å²) < 4.78 is 42.7. The molecule has 100 valence electrons. The Kier molecular flexibility index (Phi) is 3.59. The van der Waals surface area contributed by atoms with Crippen molar-refractivity contribution in [1.82, 2.24) is 4.98 Å². The number of rotatable bonds is 3. The summed E-state index contributed by atoms with van der Waals surface area (Å²) in [5.74, 6) is 0.126. The molecule has 0 aliphatic heterocycles. The fourth-order valence-corrected chi connectivity index (χ4v) is 1.46. The average Bonchev–Trinajstić information content (AvgIpc) is 2.37. The number of H-pyrrole nitrogens is 1. The highest BCUT2D eigenvalue weighted by Gasteiger charge is 2.30. The van der Waals surface area contributed by atoms with Crippen LogP contribution in [-0.2, 0) is 12.8 Å². The Morgan fingerprint density at radius 1 is 1.16 bits per heavy atom. The highest BCUT2D eigenvalue weighted by molar-refractivity contribution is 5.30. The molecule has 0 atom stereocenters. The molecule has 0 aliphatic rings. The molecule has 0 amide bonds. The molecule has 1 aromatic heterocycles. The second-order valence-electron chi connectivity index (χ2n) is 3.88. The van der Waals surface area contributed by atoms with E-state index < -0.39 is 11.7 Å². The van der Waals surface area contributed by atoms with Gasteiger partial charge in [-0.2, -0.15) is 13.2 Å². The Balaban J connectivity index is 2.07. The van der Waals surface area contributed by atoms with E-state index in [1.165, 1.54) is 24.4 Å². The van der Waals surface area contributed by atoms with Crippen molar-refractivity contribution in [2.24, 2.45) is 0 Å². The Morgan fingerprint density at radius 3 is 2.58 bits per heavy atom. The summed E-state index contributed by atoms with van der Waals surface area (Å²) in [6.07, 6.45) is -2.94. The summed E-state index contributed by atoms with van der Waals surface area (Å²) in [6.45, 7) is 0.0814. The number of hydrogen-bond donors (Lipinski definition) is 1. The van der Waals surface area contributed by atoms with E-state index in [1.807, 2.05) is 0 Å². The van der Waals surface area contributed by atoms with Gasteiger partial charge < -0.3 is 9.72 Å². The van der Waals surface area contributed by atoms with E-state index in [9.17, 15) is 18.0 Å². The SMILES string of the molecule is O=c1ccc(COc2cccc(C(F)(F)F)c2)c[nH]1. The Morgan fingerprint density at radius 2 is 1.95 bits per heavy atom. The van der Waals surface area contributed by atoms with Gasteiger partial charge in [0, 0.05) is 17.8 Å². The van der Waals surface area contributed by atoms with Gasteiger partial charge in [0.25, 0.3) is 0 Å². The van der Waals surface area contributed by atoms with Crippen LogP contribution in [0.2, 0.25) is 0 Å². The van der Waals surface area contributed by atoms with Crippen LogP contribution >= 0.6 is 0 Å². The van der Waals surface area contributed by atoms with Gasteiger partial charge in [-0.3, -0.25) is 4.79 Å². The van der Waals surface area contributed by atoms with E-state index in [1.54, 1.807) is 6.07 Å². The lowest BCUT2D eigenvalue weighted by atomic mass is 10.2. The summed E-state index contributed by atoms with van der Waals surface area (Å²) in [6, 6.07) is 7.52. The highest BCUT2D eigenvalue weighted by atomic mass is 19.4. The molecule has 0 bridgehead atoms. The van der Waals surface area contributed by atoms with Crippen molar-refractivity contribution in [2.75, 3.05) is 0 Å². The molecule has 0 spiro atoms. The number of benzene rings is 1. The van der Waals surface area contributed by atoms with Gasteiger partial charge in [-0.05, 0) is 24.3 Å². The lowest BCUT2D eigenvalue weighted by Gasteiger charge is -2.10. The smallest absolute Gasteiger partial charge is 0.416 e. The molecule has 0 aliphatic carbocycles. The highest BCUT2D eigenvalue weighted by Crippen LogP contribution is 2.31. The van der Waals surface area contributed by atoms with Crippen LogP contribution in [-0.4, -0.2) is 4.98 Å². The topological polar surface area (TPSA) is 42.1 Å². The Labute approximate surface area is 106 Å². The number of aromatic amines is 1. The van der Waals surface area contributed by atoms with Gasteiger partial charge in [-0.25, -0.2) is 0 Å². The molecule has 3 nitrogen and oxygen atoms in total. The lowest BCUT2D eigenvalue weighted by Crippen LogP contribution is -2.06. The van der Waals surface area contributed by atoms with E-state index in [0.29, 0.717) is 5.56 Å². The largest absolute Gasteiger partial charge is 0.489 e.